The highest BCUT2D eigenvalue weighted by atomic mass is 79.9. The second-order valence-corrected chi connectivity index (χ2v) is 4.76. The number of halogens is 1. The van der Waals surface area contributed by atoms with Gasteiger partial charge >= 0.3 is 0 Å². The van der Waals surface area contributed by atoms with Crippen LogP contribution in [0.4, 0.5) is 0 Å². The number of nitrogens with two attached hydrogens (primary N) is 1. The monoisotopic (exact) mass is 285 g/mol. The Balaban J connectivity index is 1.93. The molecule has 1 heterocycles. The molecule has 88 valence electrons. The van der Waals surface area contributed by atoms with Crippen LogP contribution in [0.25, 0.3) is 0 Å². The van der Waals surface area contributed by atoms with E-state index in [0.717, 1.165) is 35.2 Å². The van der Waals surface area contributed by atoms with Crippen molar-refractivity contribution in [3.8, 4) is 5.75 Å². The van der Waals surface area contributed by atoms with Crippen LogP contribution >= 0.6 is 15.9 Å². The number of benzene rings is 1. The fourth-order valence-electron chi connectivity index (χ4n) is 1.76. The lowest BCUT2D eigenvalue weighted by atomic mass is 10.2. The summed E-state index contributed by atoms with van der Waals surface area (Å²) in [4.78, 5) is 0. The molecule has 0 aliphatic carbocycles. The van der Waals surface area contributed by atoms with Gasteiger partial charge in [-0.05, 0) is 36.6 Å². The smallest absolute Gasteiger partial charge is 0.119 e. The van der Waals surface area contributed by atoms with Gasteiger partial charge < -0.3 is 15.2 Å². The molecule has 1 aromatic rings. The van der Waals surface area contributed by atoms with Crippen molar-refractivity contribution in [2.75, 3.05) is 13.2 Å². The molecular formula is C12H16BrNO2. The van der Waals surface area contributed by atoms with Crippen LogP contribution in [0.3, 0.4) is 0 Å². The first kappa shape index (κ1) is 11.9. The van der Waals surface area contributed by atoms with Crippen molar-refractivity contribution < 1.29 is 9.47 Å². The van der Waals surface area contributed by atoms with Crippen molar-refractivity contribution in [1.82, 2.24) is 0 Å². The Bertz CT molecular complexity index is 351. The van der Waals surface area contributed by atoms with Crippen molar-refractivity contribution in [2.24, 2.45) is 5.73 Å². The lowest BCUT2D eigenvalue weighted by molar-refractivity contribution is 0.0679. The molecule has 0 radical (unpaired) electrons. The summed E-state index contributed by atoms with van der Waals surface area (Å²) < 4.78 is 12.2. The molecule has 1 fully saturated rings. The first-order chi connectivity index (χ1) is 7.79. The van der Waals surface area contributed by atoms with Crippen molar-refractivity contribution in [2.45, 2.75) is 25.5 Å². The maximum Gasteiger partial charge on any atom is 0.119 e. The number of rotatable bonds is 4. The van der Waals surface area contributed by atoms with Gasteiger partial charge in [0.1, 0.15) is 12.4 Å². The molecule has 0 bridgehead atoms. The minimum atomic E-state index is 0.255. The summed E-state index contributed by atoms with van der Waals surface area (Å²) in [6, 6.07) is 5.88. The van der Waals surface area contributed by atoms with Crippen LogP contribution in [0.1, 0.15) is 18.4 Å². The molecule has 1 unspecified atom stereocenters. The van der Waals surface area contributed by atoms with Crippen LogP contribution in [0.2, 0.25) is 0 Å². The van der Waals surface area contributed by atoms with Gasteiger partial charge in [0.05, 0.1) is 6.10 Å². The SMILES string of the molecule is NCc1cc(OCC2CCCO2)ccc1Br. The maximum absolute atomic E-state index is 5.69. The Labute approximate surface area is 104 Å². The van der Waals surface area contributed by atoms with Crippen LogP contribution in [-0.2, 0) is 11.3 Å². The Morgan fingerprint density at radius 1 is 1.50 bits per heavy atom. The molecule has 1 aliphatic heterocycles. The summed E-state index contributed by atoms with van der Waals surface area (Å²) in [7, 11) is 0. The van der Waals surface area contributed by atoms with Gasteiger partial charge in [-0.3, -0.25) is 0 Å². The first-order valence-electron chi connectivity index (χ1n) is 5.52. The van der Waals surface area contributed by atoms with Crippen LogP contribution < -0.4 is 10.5 Å². The van der Waals surface area contributed by atoms with Gasteiger partial charge in [-0.25, -0.2) is 0 Å². The fourth-order valence-corrected chi connectivity index (χ4v) is 2.17. The average Bonchev–Trinajstić information content (AvgIpc) is 2.81. The minimum Gasteiger partial charge on any atom is -0.491 e. The standard InChI is InChI=1S/C12H16BrNO2/c13-12-4-3-10(6-9(12)7-14)16-8-11-2-1-5-15-11/h3-4,6,11H,1-2,5,7-8,14H2. The summed E-state index contributed by atoms with van der Waals surface area (Å²) in [5, 5.41) is 0. The average molecular weight is 286 g/mol. The van der Waals surface area contributed by atoms with Gasteiger partial charge in [-0.15, -0.1) is 0 Å². The maximum atomic E-state index is 5.69. The zero-order valence-corrected chi connectivity index (χ0v) is 10.7. The molecule has 1 aliphatic rings. The normalized spacial score (nSPS) is 20.0. The third kappa shape index (κ3) is 2.97. The molecule has 0 aromatic heterocycles. The van der Waals surface area contributed by atoms with Crippen molar-refractivity contribution in [3.05, 3.63) is 28.2 Å². The molecule has 1 aromatic carbocycles. The molecule has 1 saturated heterocycles. The molecule has 2 rings (SSSR count). The topological polar surface area (TPSA) is 44.5 Å². The Kier molecular flexibility index (Phi) is 4.21. The second-order valence-electron chi connectivity index (χ2n) is 3.90. The van der Waals surface area contributed by atoms with Gasteiger partial charge in [-0.1, -0.05) is 15.9 Å². The van der Waals surface area contributed by atoms with Crippen molar-refractivity contribution in [1.29, 1.82) is 0 Å². The lowest BCUT2D eigenvalue weighted by Crippen LogP contribution is -2.16. The van der Waals surface area contributed by atoms with E-state index in [4.69, 9.17) is 15.2 Å². The van der Waals surface area contributed by atoms with Crippen molar-refractivity contribution in [3.63, 3.8) is 0 Å². The highest BCUT2D eigenvalue weighted by Crippen LogP contribution is 2.23. The van der Waals surface area contributed by atoms with E-state index in [1.807, 2.05) is 18.2 Å². The zero-order valence-electron chi connectivity index (χ0n) is 9.12. The molecule has 4 heteroatoms. The number of hydrogen-bond donors (Lipinski definition) is 1. The molecule has 3 nitrogen and oxygen atoms in total. The molecule has 1 atom stereocenters. The third-order valence-corrected chi connectivity index (χ3v) is 3.47. The molecule has 0 saturated carbocycles. The molecule has 0 amide bonds. The highest BCUT2D eigenvalue weighted by Gasteiger charge is 2.16. The van der Waals surface area contributed by atoms with E-state index in [1.54, 1.807) is 0 Å². The van der Waals surface area contributed by atoms with E-state index in [-0.39, 0.29) is 6.10 Å². The fraction of sp³-hybridized carbons (Fsp3) is 0.500. The summed E-state index contributed by atoms with van der Waals surface area (Å²) in [6.07, 6.45) is 2.49. The third-order valence-electron chi connectivity index (χ3n) is 2.70. The Morgan fingerprint density at radius 2 is 2.38 bits per heavy atom. The minimum absolute atomic E-state index is 0.255. The van der Waals surface area contributed by atoms with Crippen LogP contribution in [0, 0.1) is 0 Å². The van der Waals surface area contributed by atoms with E-state index in [1.165, 1.54) is 0 Å². The van der Waals surface area contributed by atoms with Crippen LogP contribution in [0.5, 0.6) is 5.75 Å². The van der Waals surface area contributed by atoms with E-state index in [9.17, 15) is 0 Å². The summed E-state index contributed by atoms with van der Waals surface area (Å²) in [5.41, 5.74) is 6.69. The number of ether oxygens (including phenoxy) is 2. The predicted molar refractivity (Wildman–Crippen MR) is 66.5 cm³/mol. The largest absolute Gasteiger partial charge is 0.491 e. The van der Waals surface area contributed by atoms with Gasteiger partial charge in [0.25, 0.3) is 0 Å². The highest BCUT2D eigenvalue weighted by molar-refractivity contribution is 9.10. The molecule has 2 N–H and O–H groups in total. The van der Waals surface area contributed by atoms with E-state index < -0.39 is 0 Å². The molecule has 0 spiro atoms. The Hall–Kier alpha value is -0.580. The summed E-state index contributed by atoms with van der Waals surface area (Å²) >= 11 is 3.45. The van der Waals surface area contributed by atoms with Crippen LogP contribution in [-0.4, -0.2) is 19.3 Å². The van der Waals surface area contributed by atoms with Gasteiger partial charge in [0.2, 0.25) is 0 Å². The first-order valence-corrected chi connectivity index (χ1v) is 6.32. The quantitative estimate of drug-likeness (QED) is 0.924. The van der Waals surface area contributed by atoms with Crippen LogP contribution in [0.15, 0.2) is 22.7 Å². The number of hydrogen-bond acceptors (Lipinski definition) is 3. The van der Waals surface area contributed by atoms with Gasteiger partial charge in [0, 0.05) is 17.6 Å². The zero-order chi connectivity index (χ0) is 11.4. The molecule has 16 heavy (non-hydrogen) atoms. The van der Waals surface area contributed by atoms with E-state index in [0.29, 0.717) is 13.2 Å². The summed E-state index contributed by atoms with van der Waals surface area (Å²) in [5.74, 6) is 0.860. The van der Waals surface area contributed by atoms with E-state index >= 15 is 0 Å². The summed E-state index contributed by atoms with van der Waals surface area (Å²) in [6.45, 7) is 2.01. The van der Waals surface area contributed by atoms with E-state index in [2.05, 4.69) is 15.9 Å². The predicted octanol–water partition coefficient (Wildman–Crippen LogP) is 2.47. The molecular weight excluding hydrogens is 270 g/mol. The Morgan fingerprint density at radius 3 is 3.06 bits per heavy atom. The van der Waals surface area contributed by atoms with Gasteiger partial charge in [-0.2, -0.15) is 0 Å². The second kappa shape index (κ2) is 5.66. The van der Waals surface area contributed by atoms with Gasteiger partial charge in [0.15, 0.2) is 0 Å². The lowest BCUT2D eigenvalue weighted by Gasteiger charge is -2.12. The van der Waals surface area contributed by atoms with Crippen molar-refractivity contribution >= 4 is 15.9 Å².